The topological polar surface area (TPSA) is 72.2 Å². The third-order valence-corrected chi connectivity index (χ3v) is 4.64. The van der Waals surface area contributed by atoms with Crippen LogP contribution in [0.3, 0.4) is 0 Å². The van der Waals surface area contributed by atoms with E-state index in [9.17, 15) is 4.79 Å². The Morgan fingerprint density at radius 3 is 2.72 bits per heavy atom. The second kappa shape index (κ2) is 6.82. The van der Waals surface area contributed by atoms with Crippen LogP contribution in [-0.4, -0.2) is 25.7 Å². The Hall–Kier alpha value is -3.06. The number of nitrogens with one attached hydrogen (secondary N) is 1. The van der Waals surface area contributed by atoms with E-state index < -0.39 is 0 Å². The third-order valence-electron chi connectivity index (χ3n) is 3.75. The van der Waals surface area contributed by atoms with Crippen molar-refractivity contribution in [3.63, 3.8) is 0 Å². The molecule has 0 bridgehead atoms. The van der Waals surface area contributed by atoms with E-state index in [1.165, 1.54) is 0 Å². The lowest BCUT2D eigenvalue weighted by molar-refractivity contribution is -0.120. The second-order valence-corrected chi connectivity index (χ2v) is 6.47. The molecule has 0 unspecified atom stereocenters. The molecule has 4 aromatic rings. The summed E-state index contributed by atoms with van der Waals surface area (Å²) in [5, 5.41) is 17.7. The second-order valence-electron chi connectivity index (χ2n) is 5.52. The molecule has 1 N–H and O–H groups in total. The lowest BCUT2D eigenvalue weighted by Gasteiger charge is -2.05. The van der Waals surface area contributed by atoms with Crippen molar-refractivity contribution < 1.29 is 4.79 Å². The SMILES string of the molecule is O=C(Cc1ccccc1)NCc1nnc2ccc(-c3cccs3)nn12. The van der Waals surface area contributed by atoms with E-state index in [1.54, 1.807) is 15.9 Å². The Kier molecular flexibility index (Phi) is 4.22. The zero-order valence-electron chi connectivity index (χ0n) is 13.3. The minimum absolute atomic E-state index is 0.0580. The van der Waals surface area contributed by atoms with Gasteiger partial charge in [0.25, 0.3) is 0 Å². The maximum atomic E-state index is 12.1. The van der Waals surface area contributed by atoms with Gasteiger partial charge in [0.15, 0.2) is 11.5 Å². The van der Waals surface area contributed by atoms with E-state index in [-0.39, 0.29) is 12.5 Å². The van der Waals surface area contributed by atoms with Crippen molar-refractivity contribution in [2.75, 3.05) is 0 Å². The zero-order valence-corrected chi connectivity index (χ0v) is 14.1. The first-order valence-electron chi connectivity index (χ1n) is 7.85. The fraction of sp³-hybridized carbons (Fsp3) is 0.111. The van der Waals surface area contributed by atoms with Gasteiger partial charge in [0.1, 0.15) is 5.69 Å². The number of carbonyl (C=O) groups excluding carboxylic acids is 1. The summed E-state index contributed by atoms with van der Waals surface area (Å²) in [5.41, 5.74) is 2.50. The molecule has 7 heteroatoms. The molecule has 0 fully saturated rings. The number of benzene rings is 1. The highest BCUT2D eigenvalue weighted by Gasteiger charge is 2.11. The number of aromatic nitrogens is 4. The molecular formula is C18H15N5OS. The fourth-order valence-electron chi connectivity index (χ4n) is 2.52. The van der Waals surface area contributed by atoms with Crippen LogP contribution in [0, 0.1) is 0 Å². The summed E-state index contributed by atoms with van der Waals surface area (Å²) < 4.78 is 1.68. The van der Waals surface area contributed by atoms with Crippen molar-refractivity contribution in [3.05, 3.63) is 71.4 Å². The largest absolute Gasteiger partial charge is 0.348 e. The van der Waals surface area contributed by atoms with Gasteiger partial charge in [0.2, 0.25) is 5.91 Å². The normalized spacial score (nSPS) is 10.9. The molecule has 0 saturated carbocycles. The van der Waals surface area contributed by atoms with Gasteiger partial charge in [-0.05, 0) is 29.1 Å². The highest BCUT2D eigenvalue weighted by atomic mass is 32.1. The maximum absolute atomic E-state index is 12.1. The van der Waals surface area contributed by atoms with E-state index in [0.717, 1.165) is 16.1 Å². The monoisotopic (exact) mass is 349 g/mol. The molecule has 0 atom stereocenters. The third kappa shape index (κ3) is 3.41. The number of fused-ring (bicyclic) bond motifs is 1. The van der Waals surface area contributed by atoms with Gasteiger partial charge < -0.3 is 5.32 Å². The summed E-state index contributed by atoms with van der Waals surface area (Å²) in [5.74, 6) is 0.548. The van der Waals surface area contributed by atoms with Gasteiger partial charge in [-0.15, -0.1) is 21.5 Å². The first kappa shape index (κ1) is 15.5. The zero-order chi connectivity index (χ0) is 17.1. The van der Waals surface area contributed by atoms with Gasteiger partial charge in [0, 0.05) is 0 Å². The molecule has 0 spiro atoms. The molecule has 1 amide bonds. The van der Waals surface area contributed by atoms with Crippen molar-refractivity contribution in [2.24, 2.45) is 0 Å². The minimum Gasteiger partial charge on any atom is -0.348 e. The van der Waals surface area contributed by atoms with Crippen molar-refractivity contribution in [3.8, 4) is 10.6 Å². The number of thiophene rings is 1. The number of hydrogen-bond donors (Lipinski definition) is 1. The first-order valence-corrected chi connectivity index (χ1v) is 8.73. The van der Waals surface area contributed by atoms with Crippen molar-refractivity contribution in [2.45, 2.75) is 13.0 Å². The van der Waals surface area contributed by atoms with Crippen LogP contribution in [0.25, 0.3) is 16.2 Å². The van der Waals surface area contributed by atoms with E-state index >= 15 is 0 Å². The smallest absolute Gasteiger partial charge is 0.224 e. The van der Waals surface area contributed by atoms with Gasteiger partial charge >= 0.3 is 0 Å². The summed E-state index contributed by atoms with van der Waals surface area (Å²) in [6, 6.07) is 17.4. The molecule has 124 valence electrons. The Bertz CT molecular complexity index is 995. The molecular weight excluding hydrogens is 334 g/mol. The minimum atomic E-state index is -0.0580. The molecule has 25 heavy (non-hydrogen) atoms. The Morgan fingerprint density at radius 2 is 1.92 bits per heavy atom. The summed E-state index contributed by atoms with van der Waals surface area (Å²) in [6.45, 7) is 0.285. The Balaban J connectivity index is 1.49. The highest BCUT2D eigenvalue weighted by molar-refractivity contribution is 7.13. The van der Waals surface area contributed by atoms with Crippen LogP contribution in [0.2, 0.25) is 0 Å². The van der Waals surface area contributed by atoms with Crippen molar-refractivity contribution >= 4 is 22.9 Å². The van der Waals surface area contributed by atoms with Crippen LogP contribution in [0.1, 0.15) is 11.4 Å². The van der Waals surface area contributed by atoms with Gasteiger partial charge in [-0.25, -0.2) is 0 Å². The fourth-order valence-corrected chi connectivity index (χ4v) is 3.21. The molecule has 0 aliphatic carbocycles. The molecule has 1 aromatic carbocycles. The molecule has 0 saturated heterocycles. The summed E-state index contributed by atoms with van der Waals surface area (Å²) >= 11 is 1.63. The van der Waals surface area contributed by atoms with Crippen LogP contribution in [0.4, 0.5) is 0 Å². The van der Waals surface area contributed by atoms with Crippen LogP contribution in [0.5, 0.6) is 0 Å². The predicted octanol–water partition coefficient (Wildman–Crippen LogP) is 2.71. The standard InChI is InChI=1S/C18H15N5OS/c24-18(11-13-5-2-1-3-6-13)19-12-17-21-20-16-9-8-14(22-23(16)17)15-7-4-10-25-15/h1-10H,11-12H2,(H,19,24). The van der Waals surface area contributed by atoms with E-state index in [0.29, 0.717) is 17.9 Å². The quantitative estimate of drug-likeness (QED) is 0.601. The van der Waals surface area contributed by atoms with Gasteiger partial charge in [-0.3, -0.25) is 4.79 Å². The molecule has 0 aliphatic heterocycles. The van der Waals surface area contributed by atoms with Gasteiger partial charge in [-0.1, -0.05) is 36.4 Å². The molecule has 4 rings (SSSR count). The molecule has 3 heterocycles. The molecule has 6 nitrogen and oxygen atoms in total. The average molecular weight is 349 g/mol. The number of carbonyl (C=O) groups is 1. The first-order chi connectivity index (χ1) is 12.3. The van der Waals surface area contributed by atoms with E-state index in [2.05, 4.69) is 20.6 Å². The Labute approximate surface area is 148 Å². The van der Waals surface area contributed by atoms with Gasteiger partial charge in [0.05, 0.1) is 17.8 Å². The summed E-state index contributed by atoms with van der Waals surface area (Å²) in [7, 11) is 0. The van der Waals surface area contributed by atoms with E-state index in [1.807, 2.05) is 60.0 Å². The van der Waals surface area contributed by atoms with Crippen LogP contribution >= 0.6 is 11.3 Å². The van der Waals surface area contributed by atoms with E-state index in [4.69, 9.17) is 0 Å². The lowest BCUT2D eigenvalue weighted by atomic mass is 10.1. The summed E-state index contributed by atoms with van der Waals surface area (Å²) in [4.78, 5) is 13.2. The number of rotatable bonds is 5. The van der Waals surface area contributed by atoms with Crippen LogP contribution in [0.15, 0.2) is 60.0 Å². The average Bonchev–Trinajstić information content (AvgIpc) is 3.30. The van der Waals surface area contributed by atoms with Gasteiger partial charge in [-0.2, -0.15) is 9.61 Å². The number of amides is 1. The van der Waals surface area contributed by atoms with Crippen molar-refractivity contribution in [1.29, 1.82) is 0 Å². The number of hydrogen-bond acceptors (Lipinski definition) is 5. The molecule has 0 radical (unpaired) electrons. The lowest BCUT2D eigenvalue weighted by Crippen LogP contribution is -2.25. The molecule has 3 aromatic heterocycles. The summed E-state index contributed by atoms with van der Waals surface area (Å²) in [6.07, 6.45) is 0.339. The van der Waals surface area contributed by atoms with Crippen LogP contribution in [-0.2, 0) is 17.8 Å². The predicted molar refractivity (Wildman–Crippen MR) is 96.1 cm³/mol. The molecule has 0 aliphatic rings. The maximum Gasteiger partial charge on any atom is 0.224 e. The van der Waals surface area contributed by atoms with Crippen LogP contribution < -0.4 is 5.32 Å². The van der Waals surface area contributed by atoms with Crippen molar-refractivity contribution in [1.82, 2.24) is 25.1 Å². The highest BCUT2D eigenvalue weighted by Crippen LogP contribution is 2.22. The Morgan fingerprint density at radius 1 is 1.04 bits per heavy atom. The number of nitrogens with zero attached hydrogens (tertiary/aromatic N) is 4.